The molecule has 0 N–H and O–H groups in total. The fraction of sp³-hybridized carbons (Fsp3) is 0.923. The summed E-state index contributed by atoms with van der Waals surface area (Å²) >= 11 is 4.42. The number of carbonyl (C=O) groups is 1. The lowest BCUT2D eigenvalue weighted by Crippen LogP contribution is -2.46. The second kappa shape index (κ2) is 5.98. The third-order valence-electron chi connectivity index (χ3n) is 2.87. The van der Waals surface area contributed by atoms with Gasteiger partial charge in [0, 0.05) is 17.8 Å². The lowest BCUT2D eigenvalue weighted by atomic mass is 9.98. The normalized spacial score (nSPS) is 23.4. The van der Waals surface area contributed by atoms with Crippen molar-refractivity contribution in [1.29, 1.82) is 0 Å². The molecular weight excluding hydrogens is 234 g/mol. The lowest BCUT2D eigenvalue weighted by Gasteiger charge is -2.37. The molecule has 0 aromatic rings. The molecule has 1 saturated heterocycles. The number of ether oxygens (including phenoxy) is 1. The smallest absolute Gasteiger partial charge is 0.410 e. The van der Waals surface area contributed by atoms with Gasteiger partial charge in [-0.25, -0.2) is 4.79 Å². The molecule has 0 aliphatic carbocycles. The van der Waals surface area contributed by atoms with Crippen molar-refractivity contribution in [3.8, 4) is 0 Å². The van der Waals surface area contributed by atoms with E-state index in [2.05, 4.69) is 19.6 Å². The van der Waals surface area contributed by atoms with Crippen LogP contribution in [0.15, 0.2) is 0 Å². The van der Waals surface area contributed by atoms with E-state index in [-0.39, 0.29) is 6.09 Å². The van der Waals surface area contributed by atoms with Gasteiger partial charge in [-0.2, -0.15) is 12.6 Å². The van der Waals surface area contributed by atoms with E-state index in [1.807, 2.05) is 25.7 Å². The van der Waals surface area contributed by atoms with Crippen LogP contribution in [-0.4, -0.2) is 34.4 Å². The van der Waals surface area contributed by atoms with Crippen LogP contribution in [0.25, 0.3) is 0 Å². The Morgan fingerprint density at radius 3 is 2.65 bits per heavy atom. The molecule has 1 fully saturated rings. The minimum Gasteiger partial charge on any atom is -0.444 e. The van der Waals surface area contributed by atoms with Gasteiger partial charge in [0.1, 0.15) is 5.60 Å². The predicted octanol–water partition coefficient (Wildman–Crippen LogP) is 3.48. The van der Waals surface area contributed by atoms with Crippen LogP contribution in [0.2, 0.25) is 0 Å². The summed E-state index contributed by atoms with van der Waals surface area (Å²) in [6.45, 7) is 8.62. The molecule has 2 unspecified atom stereocenters. The van der Waals surface area contributed by atoms with Crippen molar-refractivity contribution >= 4 is 18.7 Å². The van der Waals surface area contributed by atoms with Crippen molar-refractivity contribution in [1.82, 2.24) is 4.90 Å². The highest BCUT2D eigenvalue weighted by Gasteiger charge is 2.30. The molecule has 1 rings (SSSR count). The Bertz CT molecular complexity index is 261. The third kappa shape index (κ3) is 5.19. The quantitative estimate of drug-likeness (QED) is 0.769. The number of nitrogens with zero attached hydrogens (tertiary/aromatic N) is 1. The van der Waals surface area contributed by atoms with Crippen LogP contribution in [0.3, 0.4) is 0 Å². The Labute approximate surface area is 110 Å². The van der Waals surface area contributed by atoms with Crippen molar-refractivity contribution < 1.29 is 9.53 Å². The molecule has 1 amide bonds. The summed E-state index contributed by atoms with van der Waals surface area (Å²) < 4.78 is 5.45. The largest absolute Gasteiger partial charge is 0.444 e. The summed E-state index contributed by atoms with van der Waals surface area (Å²) in [6, 6.07) is 0.297. The van der Waals surface area contributed by atoms with Gasteiger partial charge in [-0.05, 0) is 46.5 Å². The Kier molecular flexibility index (Phi) is 5.17. The number of rotatable bonds is 2. The maximum atomic E-state index is 12.1. The first-order chi connectivity index (χ1) is 7.79. The molecule has 0 spiro atoms. The molecule has 0 aromatic carbocycles. The number of likely N-dealkylation sites (tertiary alicyclic amines) is 1. The summed E-state index contributed by atoms with van der Waals surface area (Å²) in [6.07, 6.45) is 4.13. The highest BCUT2D eigenvalue weighted by Crippen LogP contribution is 2.24. The monoisotopic (exact) mass is 259 g/mol. The number of hydrogen-bond acceptors (Lipinski definition) is 3. The topological polar surface area (TPSA) is 29.5 Å². The van der Waals surface area contributed by atoms with Crippen LogP contribution < -0.4 is 0 Å². The van der Waals surface area contributed by atoms with Crippen LogP contribution in [0, 0.1) is 0 Å². The van der Waals surface area contributed by atoms with Crippen molar-refractivity contribution in [2.45, 2.75) is 70.3 Å². The van der Waals surface area contributed by atoms with Crippen molar-refractivity contribution in [2.75, 3.05) is 6.54 Å². The molecule has 4 heteroatoms. The standard InChI is InChI=1S/C13H25NO2S/c1-10(17)9-11-7-5-6-8-14(11)12(15)16-13(2,3)4/h10-11,17H,5-9H2,1-4H3. The van der Waals surface area contributed by atoms with E-state index in [9.17, 15) is 4.79 Å². The van der Waals surface area contributed by atoms with Crippen LogP contribution in [0.5, 0.6) is 0 Å². The Morgan fingerprint density at radius 1 is 1.47 bits per heavy atom. The summed E-state index contributed by atoms with van der Waals surface area (Å²) in [5.74, 6) is 0. The maximum absolute atomic E-state index is 12.1. The van der Waals surface area contributed by atoms with Crippen LogP contribution in [0.1, 0.15) is 53.4 Å². The Hall–Kier alpha value is -0.380. The summed E-state index contributed by atoms with van der Waals surface area (Å²) in [5.41, 5.74) is -0.411. The number of hydrogen-bond donors (Lipinski definition) is 1. The first-order valence-corrected chi connectivity index (χ1v) is 6.99. The van der Waals surface area contributed by atoms with Crippen LogP contribution in [0.4, 0.5) is 4.79 Å². The SMILES string of the molecule is CC(S)CC1CCCCN1C(=O)OC(C)(C)C. The van der Waals surface area contributed by atoms with Gasteiger partial charge in [-0.1, -0.05) is 6.92 Å². The van der Waals surface area contributed by atoms with E-state index in [0.717, 1.165) is 25.8 Å². The Balaban J connectivity index is 2.61. The molecule has 0 bridgehead atoms. The fourth-order valence-electron chi connectivity index (χ4n) is 2.20. The molecule has 0 aromatic heterocycles. The molecule has 3 nitrogen and oxygen atoms in total. The molecule has 2 atom stereocenters. The average Bonchev–Trinajstić information content (AvgIpc) is 2.14. The average molecular weight is 259 g/mol. The third-order valence-corrected chi connectivity index (χ3v) is 3.08. The van der Waals surface area contributed by atoms with Crippen molar-refractivity contribution in [3.05, 3.63) is 0 Å². The second-order valence-electron chi connectivity index (χ2n) is 5.91. The van der Waals surface area contributed by atoms with E-state index in [4.69, 9.17) is 4.74 Å². The second-order valence-corrected chi connectivity index (χ2v) is 6.79. The number of thiol groups is 1. The van der Waals surface area contributed by atoms with E-state index < -0.39 is 5.60 Å². The lowest BCUT2D eigenvalue weighted by molar-refractivity contribution is 0.00901. The van der Waals surface area contributed by atoms with E-state index in [0.29, 0.717) is 11.3 Å². The number of piperidine rings is 1. The molecule has 1 heterocycles. The van der Waals surface area contributed by atoms with Gasteiger partial charge in [0.05, 0.1) is 0 Å². The van der Waals surface area contributed by atoms with E-state index in [1.54, 1.807) is 0 Å². The zero-order chi connectivity index (χ0) is 13.1. The van der Waals surface area contributed by atoms with Gasteiger partial charge in [0.25, 0.3) is 0 Å². The van der Waals surface area contributed by atoms with Crippen molar-refractivity contribution in [3.63, 3.8) is 0 Å². The van der Waals surface area contributed by atoms with Gasteiger partial charge in [0.15, 0.2) is 0 Å². The van der Waals surface area contributed by atoms with E-state index >= 15 is 0 Å². The molecule has 17 heavy (non-hydrogen) atoms. The first-order valence-electron chi connectivity index (χ1n) is 6.47. The zero-order valence-electron chi connectivity index (χ0n) is 11.4. The minimum absolute atomic E-state index is 0.170. The van der Waals surface area contributed by atoms with Gasteiger partial charge >= 0.3 is 6.09 Å². The van der Waals surface area contributed by atoms with Gasteiger partial charge in [0.2, 0.25) is 0 Å². The van der Waals surface area contributed by atoms with Gasteiger partial charge < -0.3 is 9.64 Å². The zero-order valence-corrected chi connectivity index (χ0v) is 12.3. The van der Waals surface area contributed by atoms with Gasteiger partial charge in [-0.15, -0.1) is 0 Å². The minimum atomic E-state index is -0.411. The van der Waals surface area contributed by atoms with Crippen LogP contribution >= 0.6 is 12.6 Å². The molecule has 1 aliphatic rings. The molecule has 0 saturated carbocycles. The molecule has 1 aliphatic heterocycles. The summed E-state index contributed by atoms with van der Waals surface area (Å²) in [4.78, 5) is 14.0. The Morgan fingerprint density at radius 2 is 2.12 bits per heavy atom. The number of amides is 1. The van der Waals surface area contributed by atoms with E-state index in [1.165, 1.54) is 6.42 Å². The molecular formula is C13H25NO2S. The molecule has 100 valence electrons. The fourth-order valence-corrected chi connectivity index (χ4v) is 2.44. The number of carbonyl (C=O) groups excluding carboxylic acids is 1. The van der Waals surface area contributed by atoms with Crippen LogP contribution in [-0.2, 0) is 4.74 Å². The maximum Gasteiger partial charge on any atom is 0.410 e. The summed E-state index contributed by atoms with van der Waals surface area (Å²) in [7, 11) is 0. The molecule has 0 radical (unpaired) electrons. The summed E-state index contributed by atoms with van der Waals surface area (Å²) in [5, 5.41) is 0.322. The first kappa shape index (κ1) is 14.7. The van der Waals surface area contributed by atoms with Crippen molar-refractivity contribution in [2.24, 2.45) is 0 Å². The highest BCUT2D eigenvalue weighted by molar-refractivity contribution is 7.80. The predicted molar refractivity (Wildman–Crippen MR) is 73.6 cm³/mol. The van der Waals surface area contributed by atoms with Gasteiger partial charge in [-0.3, -0.25) is 0 Å². The highest BCUT2D eigenvalue weighted by atomic mass is 32.1.